The molecule has 0 unspecified atom stereocenters. The molecule has 0 atom stereocenters. The Morgan fingerprint density at radius 3 is 1.85 bits per heavy atom. The lowest BCUT2D eigenvalue weighted by molar-refractivity contribution is -0.125. The van der Waals surface area contributed by atoms with E-state index in [1.54, 1.807) is 0 Å². The molecule has 0 aromatic rings. The van der Waals surface area contributed by atoms with Gasteiger partial charge in [-0.25, -0.2) is 0 Å². The molecule has 0 aliphatic heterocycles. The Morgan fingerprint density at radius 2 is 1.23 bits per heavy atom. The second-order valence-electron chi connectivity index (χ2n) is 7.85. The fourth-order valence-corrected chi connectivity index (χ4v) is 3.43. The molecule has 0 aromatic carbocycles. The van der Waals surface area contributed by atoms with Crippen LogP contribution >= 0.6 is 0 Å². The summed E-state index contributed by atoms with van der Waals surface area (Å²) in [7, 11) is 0. The van der Waals surface area contributed by atoms with Gasteiger partial charge in [-0.15, -0.1) is 0 Å². The lowest BCUT2D eigenvalue weighted by atomic mass is 9.91. The first-order valence-electron chi connectivity index (χ1n) is 11.4. The standard InChI is InChI=1S/C23H45NO2/c1-4-7-10-11-12-17-22(25)18-19-23(26)24-20-13-16-21(14-8-5-2)15-9-6-3/h21H,4-20H2,1-3H3,(H,24,26). The first kappa shape index (κ1) is 25.1. The molecule has 1 N–H and O–H groups in total. The number of nitrogens with one attached hydrogen (secondary N) is 1. The molecule has 0 aliphatic rings. The number of unbranched alkanes of at least 4 members (excludes halogenated alkanes) is 6. The molecule has 0 aromatic heterocycles. The summed E-state index contributed by atoms with van der Waals surface area (Å²) in [6.45, 7) is 7.46. The lowest BCUT2D eigenvalue weighted by Crippen LogP contribution is -2.25. The maximum atomic E-state index is 11.9. The molecule has 0 fully saturated rings. The quantitative estimate of drug-likeness (QED) is 0.262. The maximum Gasteiger partial charge on any atom is 0.220 e. The van der Waals surface area contributed by atoms with Crippen LogP contribution in [0.15, 0.2) is 0 Å². The molecule has 3 heteroatoms. The van der Waals surface area contributed by atoms with Crippen molar-refractivity contribution in [3.8, 4) is 0 Å². The van der Waals surface area contributed by atoms with Gasteiger partial charge in [0.15, 0.2) is 0 Å². The monoisotopic (exact) mass is 367 g/mol. The predicted molar refractivity (Wildman–Crippen MR) is 112 cm³/mol. The van der Waals surface area contributed by atoms with E-state index in [-0.39, 0.29) is 11.7 Å². The zero-order valence-electron chi connectivity index (χ0n) is 17.9. The minimum Gasteiger partial charge on any atom is -0.356 e. The molecule has 1 amide bonds. The summed E-state index contributed by atoms with van der Waals surface area (Å²) in [6.07, 6.45) is 17.4. The number of amides is 1. The highest BCUT2D eigenvalue weighted by Gasteiger charge is 2.09. The SMILES string of the molecule is CCCCCCCC(=O)CCC(=O)NCCCC(CCCC)CCCC. The van der Waals surface area contributed by atoms with Gasteiger partial charge < -0.3 is 5.32 Å². The van der Waals surface area contributed by atoms with E-state index in [2.05, 4.69) is 26.1 Å². The highest BCUT2D eigenvalue weighted by atomic mass is 16.2. The molecule has 0 rings (SSSR count). The zero-order chi connectivity index (χ0) is 19.5. The van der Waals surface area contributed by atoms with Crippen molar-refractivity contribution >= 4 is 11.7 Å². The van der Waals surface area contributed by atoms with Gasteiger partial charge in [-0.3, -0.25) is 9.59 Å². The van der Waals surface area contributed by atoms with Gasteiger partial charge in [-0.05, 0) is 25.2 Å². The minimum atomic E-state index is 0.0444. The van der Waals surface area contributed by atoms with Crippen LogP contribution in [0.3, 0.4) is 0 Å². The van der Waals surface area contributed by atoms with Crippen LogP contribution in [0, 0.1) is 5.92 Å². The molecule has 0 bridgehead atoms. The Morgan fingerprint density at radius 1 is 0.654 bits per heavy atom. The van der Waals surface area contributed by atoms with Crippen LogP contribution in [-0.4, -0.2) is 18.2 Å². The number of rotatable bonds is 19. The number of ketones is 1. The third-order valence-electron chi connectivity index (χ3n) is 5.23. The summed E-state index contributed by atoms with van der Waals surface area (Å²) in [5.41, 5.74) is 0. The number of carbonyl (C=O) groups is 2. The molecule has 26 heavy (non-hydrogen) atoms. The average molecular weight is 368 g/mol. The maximum absolute atomic E-state index is 11.9. The molecule has 3 nitrogen and oxygen atoms in total. The van der Waals surface area contributed by atoms with E-state index < -0.39 is 0 Å². The molecule has 0 radical (unpaired) electrons. The minimum absolute atomic E-state index is 0.0444. The van der Waals surface area contributed by atoms with Crippen LogP contribution in [0.5, 0.6) is 0 Å². The Hall–Kier alpha value is -0.860. The number of carbonyl (C=O) groups excluding carboxylic acids is 2. The van der Waals surface area contributed by atoms with Crippen LogP contribution in [0.25, 0.3) is 0 Å². The second kappa shape index (κ2) is 18.9. The predicted octanol–water partition coefficient (Wildman–Crippen LogP) is 6.59. The summed E-state index contributed by atoms with van der Waals surface area (Å²) in [4.78, 5) is 23.7. The molecule has 0 saturated heterocycles. The Kier molecular flexibility index (Phi) is 18.3. The Balaban J connectivity index is 3.68. The van der Waals surface area contributed by atoms with E-state index in [4.69, 9.17) is 0 Å². The van der Waals surface area contributed by atoms with E-state index in [1.807, 2.05) is 0 Å². The highest BCUT2D eigenvalue weighted by molar-refractivity contribution is 5.84. The van der Waals surface area contributed by atoms with Crippen LogP contribution in [0.4, 0.5) is 0 Å². The van der Waals surface area contributed by atoms with Crippen molar-refractivity contribution in [1.82, 2.24) is 5.32 Å². The molecule has 0 saturated carbocycles. The van der Waals surface area contributed by atoms with Gasteiger partial charge in [0.1, 0.15) is 5.78 Å². The van der Waals surface area contributed by atoms with Crippen molar-refractivity contribution in [2.45, 2.75) is 124 Å². The second-order valence-corrected chi connectivity index (χ2v) is 7.85. The van der Waals surface area contributed by atoms with Crippen LogP contribution in [0.2, 0.25) is 0 Å². The summed E-state index contributed by atoms with van der Waals surface area (Å²) in [5, 5.41) is 3.00. The zero-order valence-corrected chi connectivity index (χ0v) is 17.9. The molecule has 154 valence electrons. The largest absolute Gasteiger partial charge is 0.356 e. The first-order valence-corrected chi connectivity index (χ1v) is 11.4. The van der Waals surface area contributed by atoms with Crippen LogP contribution < -0.4 is 5.32 Å². The van der Waals surface area contributed by atoms with Crippen molar-refractivity contribution in [3.05, 3.63) is 0 Å². The third-order valence-corrected chi connectivity index (χ3v) is 5.23. The van der Waals surface area contributed by atoms with Crippen molar-refractivity contribution in [2.24, 2.45) is 5.92 Å². The summed E-state index contributed by atoms with van der Waals surface area (Å²) < 4.78 is 0. The van der Waals surface area contributed by atoms with E-state index >= 15 is 0 Å². The van der Waals surface area contributed by atoms with Crippen molar-refractivity contribution in [1.29, 1.82) is 0 Å². The molecule has 0 heterocycles. The lowest BCUT2D eigenvalue weighted by Gasteiger charge is -2.16. The fourth-order valence-electron chi connectivity index (χ4n) is 3.43. The van der Waals surface area contributed by atoms with Gasteiger partial charge in [0.05, 0.1) is 0 Å². The van der Waals surface area contributed by atoms with Crippen molar-refractivity contribution in [3.63, 3.8) is 0 Å². The number of hydrogen-bond donors (Lipinski definition) is 1. The average Bonchev–Trinajstić information content (AvgIpc) is 2.64. The summed E-state index contributed by atoms with van der Waals surface area (Å²) in [6, 6.07) is 0. The summed E-state index contributed by atoms with van der Waals surface area (Å²) in [5.74, 6) is 1.11. The van der Waals surface area contributed by atoms with Gasteiger partial charge in [-0.2, -0.15) is 0 Å². The van der Waals surface area contributed by atoms with Crippen molar-refractivity contribution < 1.29 is 9.59 Å². The van der Waals surface area contributed by atoms with Gasteiger partial charge in [0.25, 0.3) is 0 Å². The van der Waals surface area contributed by atoms with E-state index in [0.29, 0.717) is 19.3 Å². The molecular formula is C23H45NO2. The number of Topliss-reactive ketones (excluding diaryl/α,β-unsaturated/α-hetero) is 1. The van der Waals surface area contributed by atoms with Crippen LogP contribution in [0.1, 0.15) is 124 Å². The molecule has 0 spiro atoms. The van der Waals surface area contributed by atoms with E-state index in [9.17, 15) is 9.59 Å². The molecular weight excluding hydrogens is 322 g/mol. The Bertz CT molecular complexity index is 333. The van der Waals surface area contributed by atoms with Gasteiger partial charge >= 0.3 is 0 Å². The highest BCUT2D eigenvalue weighted by Crippen LogP contribution is 2.21. The van der Waals surface area contributed by atoms with E-state index in [0.717, 1.165) is 31.7 Å². The molecule has 0 aliphatic carbocycles. The fraction of sp³-hybridized carbons (Fsp3) is 0.913. The van der Waals surface area contributed by atoms with E-state index in [1.165, 1.54) is 64.2 Å². The smallest absolute Gasteiger partial charge is 0.220 e. The number of hydrogen-bond acceptors (Lipinski definition) is 2. The summed E-state index contributed by atoms with van der Waals surface area (Å²) >= 11 is 0. The first-order chi connectivity index (χ1) is 12.6. The van der Waals surface area contributed by atoms with Crippen molar-refractivity contribution in [2.75, 3.05) is 6.54 Å². The van der Waals surface area contributed by atoms with Gasteiger partial charge in [0.2, 0.25) is 5.91 Å². The third kappa shape index (κ3) is 16.6. The van der Waals surface area contributed by atoms with Crippen LogP contribution in [-0.2, 0) is 9.59 Å². The van der Waals surface area contributed by atoms with Gasteiger partial charge in [-0.1, -0.05) is 85.0 Å². The topological polar surface area (TPSA) is 46.2 Å². The Labute approximate surface area is 163 Å². The normalized spacial score (nSPS) is 11.1. The van der Waals surface area contributed by atoms with Gasteiger partial charge in [0, 0.05) is 25.8 Å².